The van der Waals surface area contributed by atoms with Crippen LogP contribution in [0.1, 0.15) is 22.3 Å². The molecule has 1 spiro atoms. The number of hydrogen-bond donors (Lipinski definition) is 1. The van der Waals surface area contributed by atoms with E-state index in [1.54, 1.807) is 31.4 Å². The summed E-state index contributed by atoms with van der Waals surface area (Å²) in [5, 5.41) is 3.02. The van der Waals surface area contributed by atoms with E-state index in [2.05, 4.69) is 17.5 Å². The summed E-state index contributed by atoms with van der Waals surface area (Å²) in [6, 6.07) is 15.0. The number of anilines is 1. The number of hydrogen-bond acceptors (Lipinski definition) is 3. The van der Waals surface area contributed by atoms with Crippen LogP contribution in [0.5, 0.6) is 5.75 Å². The SMILES string of the molecule is COc1ccc(C(=O)[C@H]2[C@H]3C=C[C@@H](C3)[C@]23C(=O)Nc2ccccc23)cc1. The van der Waals surface area contributed by atoms with Crippen LogP contribution < -0.4 is 10.1 Å². The van der Waals surface area contributed by atoms with Gasteiger partial charge in [-0.1, -0.05) is 30.4 Å². The summed E-state index contributed by atoms with van der Waals surface area (Å²) in [5.74, 6) is 0.524. The number of carbonyl (C=O) groups is 2. The Morgan fingerprint density at radius 2 is 1.88 bits per heavy atom. The third kappa shape index (κ3) is 1.79. The van der Waals surface area contributed by atoms with Crippen LogP contribution in [-0.4, -0.2) is 18.8 Å². The molecule has 1 fully saturated rings. The highest BCUT2D eigenvalue weighted by Gasteiger charge is 2.66. The lowest BCUT2D eigenvalue weighted by Crippen LogP contribution is -2.48. The number of fused-ring (bicyclic) bond motifs is 5. The Kier molecular flexibility index (Phi) is 3.14. The molecule has 3 aliphatic rings. The number of methoxy groups -OCH3 is 1. The fourth-order valence-electron chi connectivity index (χ4n) is 5.19. The van der Waals surface area contributed by atoms with Gasteiger partial charge in [-0.15, -0.1) is 0 Å². The molecular weight excluding hydrogens is 326 g/mol. The second-order valence-corrected chi connectivity index (χ2v) is 7.33. The maximum absolute atomic E-state index is 13.5. The number of benzene rings is 2. The Bertz CT molecular complexity index is 946. The number of ether oxygens (including phenoxy) is 1. The van der Waals surface area contributed by atoms with Gasteiger partial charge in [-0.05, 0) is 54.2 Å². The zero-order chi connectivity index (χ0) is 17.9. The molecule has 1 amide bonds. The molecule has 2 aromatic carbocycles. The van der Waals surface area contributed by atoms with Crippen LogP contribution in [0.15, 0.2) is 60.7 Å². The van der Waals surface area contributed by atoms with Crippen molar-refractivity contribution in [2.75, 3.05) is 12.4 Å². The topological polar surface area (TPSA) is 55.4 Å². The summed E-state index contributed by atoms with van der Waals surface area (Å²) in [6.45, 7) is 0. The predicted molar refractivity (Wildman–Crippen MR) is 98.3 cm³/mol. The summed E-state index contributed by atoms with van der Waals surface area (Å²) < 4.78 is 5.19. The number of rotatable bonds is 3. The third-order valence-electron chi connectivity index (χ3n) is 6.27. The van der Waals surface area contributed by atoms with Crippen LogP contribution in [0.25, 0.3) is 0 Å². The number of nitrogens with one attached hydrogen (secondary N) is 1. The number of para-hydroxylation sites is 1. The second kappa shape index (κ2) is 5.31. The highest BCUT2D eigenvalue weighted by Crippen LogP contribution is 2.61. The normalized spacial score (nSPS) is 30.5. The largest absolute Gasteiger partial charge is 0.497 e. The Morgan fingerprint density at radius 1 is 1.12 bits per heavy atom. The molecular formula is C22H19NO3. The Balaban J connectivity index is 1.65. The van der Waals surface area contributed by atoms with Gasteiger partial charge in [0.05, 0.1) is 12.5 Å². The molecule has 130 valence electrons. The average Bonchev–Trinajstić information content (AvgIpc) is 3.35. The Labute approximate surface area is 151 Å². The third-order valence-corrected chi connectivity index (χ3v) is 6.27. The molecule has 26 heavy (non-hydrogen) atoms. The maximum Gasteiger partial charge on any atom is 0.236 e. The zero-order valence-electron chi connectivity index (χ0n) is 14.4. The number of Topliss-reactive ketones (excluding diaryl/α,β-unsaturated/α-hetero) is 1. The van der Waals surface area contributed by atoms with Gasteiger partial charge in [-0.2, -0.15) is 0 Å². The van der Waals surface area contributed by atoms with Crippen molar-refractivity contribution in [2.24, 2.45) is 17.8 Å². The molecule has 1 saturated carbocycles. The zero-order valence-corrected chi connectivity index (χ0v) is 14.4. The maximum atomic E-state index is 13.5. The molecule has 0 unspecified atom stereocenters. The first-order valence-corrected chi connectivity index (χ1v) is 8.94. The molecule has 1 heterocycles. The minimum Gasteiger partial charge on any atom is -0.497 e. The van der Waals surface area contributed by atoms with Gasteiger partial charge in [-0.3, -0.25) is 9.59 Å². The fraction of sp³-hybridized carbons (Fsp3) is 0.273. The van der Waals surface area contributed by atoms with E-state index < -0.39 is 5.41 Å². The van der Waals surface area contributed by atoms with Crippen molar-refractivity contribution in [2.45, 2.75) is 11.8 Å². The molecule has 5 rings (SSSR count). The van der Waals surface area contributed by atoms with Crippen molar-refractivity contribution >= 4 is 17.4 Å². The van der Waals surface area contributed by atoms with E-state index in [0.717, 1.165) is 17.7 Å². The fourth-order valence-corrected chi connectivity index (χ4v) is 5.19. The van der Waals surface area contributed by atoms with Gasteiger partial charge in [0.2, 0.25) is 5.91 Å². The van der Waals surface area contributed by atoms with Gasteiger partial charge in [-0.25, -0.2) is 0 Å². The summed E-state index contributed by atoms with van der Waals surface area (Å²) >= 11 is 0. The quantitative estimate of drug-likeness (QED) is 0.683. The standard InChI is InChI=1S/C22H19NO3/c1-26-16-10-7-13(8-11-16)20(24)19-14-6-9-15(12-14)22(19)17-4-2-3-5-18(17)23-21(22)25/h2-11,14-15,19H,12H2,1H3,(H,23,25)/t14-,15-,19+,22+/m0/s1. The van der Waals surface area contributed by atoms with E-state index in [9.17, 15) is 9.59 Å². The van der Waals surface area contributed by atoms with E-state index in [1.807, 2.05) is 24.3 Å². The van der Waals surface area contributed by atoms with E-state index in [-0.39, 0.29) is 29.4 Å². The van der Waals surface area contributed by atoms with Gasteiger partial charge in [0.1, 0.15) is 5.75 Å². The summed E-state index contributed by atoms with van der Waals surface area (Å²) in [7, 11) is 1.60. The highest BCUT2D eigenvalue weighted by molar-refractivity contribution is 6.13. The van der Waals surface area contributed by atoms with Crippen molar-refractivity contribution in [3.63, 3.8) is 0 Å². The molecule has 4 nitrogen and oxygen atoms in total. The number of amides is 1. The summed E-state index contributed by atoms with van der Waals surface area (Å²) in [4.78, 5) is 26.7. The van der Waals surface area contributed by atoms with Crippen LogP contribution in [0, 0.1) is 17.8 Å². The molecule has 2 aliphatic carbocycles. The van der Waals surface area contributed by atoms with E-state index in [0.29, 0.717) is 11.3 Å². The lowest BCUT2D eigenvalue weighted by molar-refractivity contribution is -0.122. The van der Waals surface area contributed by atoms with Crippen LogP contribution in [0.3, 0.4) is 0 Å². The van der Waals surface area contributed by atoms with Crippen molar-refractivity contribution in [1.82, 2.24) is 0 Å². The van der Waals surface area contributed by atoms with Gasteiger partial charge < -0.3 is 10.1 Å². The van der Waals surface area contributed by atoms with Gasteiger partial charge >= 0.3 is 0 Å². The molecule has 4 heteroatoms. The molecule has 2 aromatic rings. The predicted octanol–water partition coefficient (Wildman–Crippen LogP) is 3.59. The van der Waals surface area contributed by atoms with E-state index in [1.165, 1.54) is 0 Å². The molecule has 1 N–H and O–H groups in total. The molecule has 0 saturated heterocycles. The molecule has 0 radical (unpaired) electrons. The minimum absolute atomic E-state index is 0.0383. The molecule has 4 atom stereocenters. The Morgan fingerprint density at radius 3 is 2.65 bits per heavy atom. The van der Waals surface area contributed by atoms with Gasteiger partial charge in [0, 0.05) is 17.2 Å². The molecule has 0 aromatic heterocycles. The van der Waals surface area contributed by atoms with E-state index in [4.69, 9.17) is 4.74 Å². The average molecular weight is 345 g/mol. The van der Waals surface area contributed by atoms with Crippen LogP contribution >= 0.6 is 0 Å². The first-order chi connectivity index (χ1) is 12.7. The second-order valence-electron chi connectivity index (χ2n) is 7.33. The van der Waals surface area contributed by atoms with E-state index >= 15 is 0 Å². The monoisotopic (exact) mass is 345 g/mol. The summed E-state index contributed by atoms with van der Waals surface area (Å²) in [6.07, 6.45) is 5.11. The van der Waals surface area contributed by atoms with Crippen molar-refractivity contribution in [3.8, 4) is 5.75 Å². The smallest absolute Gasteiger partial charge is 0.236 e. The lowest BCUT2D eigenvalue weighted by atomic mass is 9.63. The van der Waals surface area contributed by atoms with Crippen molar-refractivity contribution in [3.05, 3.63) is 71.8 Å². The first-order valence-electron chi connectivity index (χ1n) is 8.94. The number of ketones is 1. The Hall–Kier alpha value is -2.88. The summed E-state index contributed by atoms with van der Waals surface area (Å²) in [5.41, 5.74) is 1.65. The highest BCUT2D eigenvalue weighted by atomic mass is 16.5. The van der Waals surface area contributed by atoms with Crippen LogP contribution in [0.2, 0.25) is 0 Å². The van der Waals surface area contributed by atoms with Gasteiger partial charge in [0.15, 0.2) is 5.78 Å². The van der Waals surface area contributed by atoms with Crippen LogP contribution in [-0.2, 0) is 10.2 Å². The van der Waals surface area contributed by atoms with Crippen molar-refractivity contribution in [1.29, 1.82) is 0 Å². The number of carbonyl (C=O) groups excluding carboxylic acids is 2. The molecule has 1 aliphatic heterocycles. The van der Waals surface area contributed by atoms with Crippen LogP contribution in [0.4, 0.5) is 5.69 Å². The first kappa shape index (κ1) is 15.4. The number of allylic oxidation sites excluding steroid dienone is 2. The minimum atomic E-state index is -0.785. The lowest BCUT2D eigenvalue weighted by Gasteiger charge is -2.36. The van der Waals surface area contributed by atoms with Crippen molar-refractivity contribution < 1.29 is 14.3 Å². The molecule has 2 bridgehead atoms. The van der Waals surface area contributed by atoms with Gasteiger partial charge in [0.25, 0.3) is 0 Å².